The average Bonchev–Trinajstić information content (AvgIpc) is 2.97. The number of para-hydroxylation sites is 1. The number of ether oxygens (including phenoxy) is 1. The highest BCUT2D eigenvalue weighted by Gasteiger charge is 2.34. The first-order valence-corrected chi connectivity index (χ1v) is 8.11. The minimum Gasteiger partial charge on any atom is -0.493 e. The number of aliphatic hydroxyl groups excluding tert-OH is 1. The van der Waals surface area contributed by atoms with E-state index in [9.17, 15) is 9.90 Å². The van der Waals surface area contributed by atoms with E-state index in [1.54, 1.807) is 23.5 Å². The second-order valence-electron chi connectivity index (χ2n) is 5.94. The molecular weight excluding hydrogens is 306 g/mol. The molecule has 0 radical (unpaired) electrons. The van der Waals surface area contributed by atoms with Crippen molar-refractivity contribution >= 4 is 5.91 Å². The first kappa shape index (κ1) is 16.4. The van der Waals surface area contributed by atoms with Gasteiger partial charge in [-0.15, -0.1) is 0 Å². The topological polar surface area (TPSA) is 75.5 Å². The number of nitrogens with zero attached hydrogens (tertiary/aromatic N) is 3. The van der Waals surface area contributed by atoms with Crippen molar-refractivity contribution in [1.29, 1.82) is 0 Å². The molecule has 6 heteroatoms. The number of likely N-dealkylation sites (tertiary alicyclic amines) is 1. The maximum Gasteiger partial charge on any atom is 0.226 e. The van der Waals surface area contributed by atoms with E-state index >= 15 is 0 Å². The van der Waals surface area contributed by atoms with E-state index in [2.05, 4.69) is 9.97 Å². The van der Waals surface area contributed by atoms with Crippen molar-refractivity contribution in [2.24, 2.45) is 5.92 Å². The van der Waals surface area contributed by atoms with Crippen LogP contribution in [0.3, 0.4) is 0 Å². The summed E-state index contributed by atoms with van der Waals surface area (Å²) in [7, 11) is 0. The monoisotopic (exact) mass is 327 g/mol. The number of β-amino-alcohol motifs (C(OH)–C–C–N with tert-alkyl or cyclic N) is 1. The molecule has 0 bridgehead atoms. The van der Waals surface area contributed by atoms with Crippen LogP contribution in [0.15, 0.2) is 48.9 Å². The molecule has 2 aromatic rings. The van der Waals surface area contributed by atoms with E-state index in [1.165, 1.54) is 0 Å². The highest BCUT2D eigenvalue weighted by molar-refractivity contribution is 5.76. The van der Waals surface area contributed by atoms with Crippen molar-refractivity contribution in [3.63, 3.8) is 0 Å². The molecule has 3 rings (SSSR count). The fourth-order valence-corrected chi connectivity index (χ4v) is 2.89. The van der Waals surface area contributed by atoms with Gasteiger partial charge in [0, 0.05) is 37.6 Å². The molecule has 1 aromatic heterocycles. The van der Waals surface area contributed by atoms with E-state index < -0.39 is 6.10 Å². The lowest BCUT2D eigenvalue weighted by Gasteiger charge is -2.16. The lowest BCUT2D eigenvalue weighted by atomic mass is 10.0. The third kappa shape index (κ3) is 4.29. The summed E-state index contributed by atoms with van der Waals surface area (Å²) in [4.78, 5) is 22.3. The molecule has 1 aromatic carbocycles. The number of hydrogen-bond acceptors (Lipinski definition) is 5. The Kier molecular flexibility index (Phi) is 5.38. The molecule has 0 spiro atoms. The van der Waals surface area contributed by atoms with Crippen molar-refractivity contribution < 1.29 is 14.6 Å². The number of rotatable bonds is 6. The van der Waals surface area contributed by atoms with E-state index in [4.69, 9.17) is 4.74 Å². The molecule has 1 N–H and O–H groups in total. The van der Waals surface area contributed by atoms with Gasteiger partial charge < -0.3 is 14.7 Å². The fourth-order valence-electron chi connectivity index (χ4n) is 2.89. The van der Waals surface area contributed by atoms with Crippen LogP contribution in [-0.4, -0.2) is 51.7 Å². The van der Waals surface area contributed by atoms with Gasteiger partial charge in [0.15, 0.2) is 0 Å². The Morgan fingerprint density at radius 3 is 2.83 bits per heavy atom. The normalized spacial score (nSPS) is 20.1. The summed E-state index contributed by atoms with van der Waals surface area (Å²) in [6.07, 6.45) is 5.37. The van der Waals surface area contributed by atoms with E-state index in [0.29, 0.717) is 32.5 Å². The molecule has 6 nitrogen and oxygen atoms in total. The standard InChI is InChI=1S/C18H21N3O3/c22-17-13-21(12-14(17)10-15-11-19-7-8-20-15)18(23)6-9-24-16-4-2-1-3-5-16/h1-5,7-8,11,14,17,22H,6,9-10,12-13H2. The largest absolute Gasteiger partial charge is 0.493 e. The summed E-state index contributed by atoms with van der Waals surface area (Å²) in [6, 6.07) is 9.43. The van der Waals surface area contributed by atoms with E-state index in [-0.39, 0.29) is 11.8 Å². The van der Waals surface area contributed by atoms with Gasteiger partial charge >= 0.3 is 0 Å². The highest BCUT2D eigenvalue weighted by atomic mass is 16.5. The molecule has 2 unspecified atom stereocenters. The SMILES string of the molecule is O=C(CCOc1ccccc1)N1CC(O)C(Cc2cnccn2)C1. The first-order chi connectivity index (χ1) is 11.7. The van der Waals surface area contributed by atoms with Gasteiger partial charge in [-0.05, 0) is 18.6 Å². The number of benzene rings is 1. The second kappa shape index (κ2) is 7.88. The molecule has 126 valence electrons. The average molecular weight is 327 g/mol. The zero-order valence-electron chi connectivity index (χ0n) is 13.4. The quantitative estimate of drug-likeness (QED) is 0.866. The number of hydrogen-bond donors (Lipinski definition) is 1. The molecular formula is C18H21N3O3. The molecule has 0 aliphatic carbocycles. The van der Waals surface area contributed by atoms with Gasteiger partial charge in [0.2, 0.25) is 5.91 Å². The van der Waals surface area contributed by atoms with Crippen LogP contribution in [0.5, 0.6) is 5.75 Å². The third-order valence-corrected chi connectivity index (χ3v) is 4.18. The van der Waals surface area contributed by atoms with Crippen molar-refractivity contribution in [2.75, 3.05) is 19.7 Å². The number of aromatic nitrogens is 2. The van der Waals surface area contributed by atoms with Crippen molar-refractivity contribution in [3.8, 4) is 5.75 Å². The second-order valence-corrected chi connectivity index (χ2v) is 5.94. The number of aliphatic hydroxyl groups is 1. The molecule has 1 amide bonds. The molecule has 1 aliphatic rings. The number of carbonyl (C=O) groups is 1. The van der Waals surface area contributed by atoms with Crippen LogP contribution in [-0.2, 0) is 11.2 Å². The Morgan fingerprint density at radius 1 is 1.25 bits per heavy atom. The minimum absolute atomic E-state index is 0.000640. The Morgan fingerprint density at radius 2 is 2.08 bits per heavy atom. The maximum atomic E-state index is 12.3. The van der Waals surface area contributed by atoms with E-state index in [1.807, 2.05) is 30.3 Å². The Hall–Kier alpha value is -2.47. The summed E-state index contributed by atoms with van der Waals surface area (Å²) < 4.78 is 5.56. The Labute approximate surface area is 141 Å². The van der Waals surface area contributed by atoms with Crippen molar-refractivity contribution in [2.45, 2.75) is 18.9 Å². The summed E-state index contributed by atoms with van der Waals surface area (Å²) >= 11 is 0. The van der Waals surface area contributed by atoms with Gasteiger partial charge in [0.25, 0.3) is 0 Å². The van der Waals surface area contributed by atoms with Crippen LogP contribution in [0.4, 0.5) is 0 Å². The summed E-state index contributed by atoms with van der Waals surface area (Å²) in [5, 5.41) is 10.2. The zero-order chi connectivity index (χ0) is 16.8. The van der Waals surface area contributed by atoms with E-state index in [0.717, 1.165) is 11.4 Å². The third-order valence-electron chi connectivity index (χ3n) is 4.18. The van der Waals surface area contributed by atoms with Crippen LogP contribution in [0.1, 0.15) is 12.1 Å². The van der Waals surface area contributed by atoms with Crippen molar-refractivity contribution in [3.05, 3.63) is 54.6 Å². The van der Waals surface area contributed by atoms with Gasteiger partial charge in [-0.3, -0.25) is 14.8 Å². The maximum absolute atomic E-state index is 12.3. The number of amides is 1. The van der Waals surface area contributed by atoms with Gasteiger partial charge in [-0.25, -0.2) is 0 Å². The molecule has 1 fully saturated rings. The van der Waals surface area contributed by atoms with Gasteiger partial charge in [-0.1, -0.05) is 18.2 Å². The van der Waals surface area contributed by atoms with Gasteiger partial charge in [0.05, 0.1) is 24.8 Å². The lowest BCUT2D eigenvalue weighted by Crippen LogP contribution is -2.30. The molecule has 1 aliphatic heterocycles. The summed E-state index contributed by atoms with van der Waals surface area (Å²) in [5.41, 5.74) is 0.836. The van der Waals surface area contributed by atoms with Crippen LogP contribution in [0, 0.1) is 5.92 Å². The Balaban J connectivity index is 1.46. The predicted molar refractivity (Wildman–Crippen MR) is 88.4 cm³/mol. The van der Waals surface area contributed by atoms with Crippen molar-refractivity contribution in [1.82, 2.24) is 14.9 Å². The molecule has 1 saturated heterocycles. The Bertz CT molecular complexity index is 651. The molecule has 2 heterocycles. The van der Waals surface area contributed by atoms with Gasteiger partial charge in [-0.2, -0.15) is 0 Å². The van der Waals surface area contributed by atoms with Crippen LogP contribution in [0.25, 0.3) is 0 Å². The molecule has 0 saturated carbocycles. The molecule has 2 atom stereocenters. The highest BCUT2D eigenvalue weighted by Crippen LogP contribution is 2.21. The summed E-state index contributed by atoms with van der Waals surface area (Å²) in [5.74, 6) is 0.764. The predicted octanol–water partition coefficient (Wildman–Crippen LogP) is 1.31. The first-order valence-electron chi connectivity index (χ1n) is 8.11. The van der Waals surface area contributed by atoms with Crippen LogP contribution in [0.2, 0.25) is 0 Å². The van der Waals surface area contributed by atoms with Gasteiger partial charge in [0.1, 0.15) is 5.75 Å². The minimum atomic E-state index is -0.522. The molecule has 24 heavy (non-hydrogen) atoms. The van der Waals surface area contributed by atoms with Crippen LogP contribution >= 0.6 is 0 Å². The lowest BCUT2D eigenvalue weighted by molar-refractivity contribution is -0.131. The summed E-state index contributed by atoms with van der Waals surface area (Å²) in [6.45, 7) is 1.25. The smallest absolute Gasteiger partial charge is 0.226 e. The van der Waals surface area contributed by atoms with Crippen LogP contribution < -0.4 is 4.74 Å². The zero-order valence-corrected chi connectivity index (χ0v) is 13.4. The fraction of sp³-hybridized carbons (Fsp3) is 0.389. The number of carbonyl (C=O) groups excluding carboxylic acids is 1.